The summed E-state index contributed by atoms with van der Waals surface area (Å²) in [5.41, 5.74) is 8.91. The van der Waals surface area contributed by atoms with Crippen molar-refractivity contribution in [3.05, 3.63) is 41.1 Å². The predicted octanol–water partition coefficient (Wildman–Crippen LogP) is 2.86. The fourth-order valence-electron chi connectivity index (χ4n) is 2.33. The van der Waals surface area contributed by atoms with Crippen LogP contribution in [0, 0.1) is 0 Å². The summed E-state index contributed by atoms with van der Waals surface area (Å²) in [6.07, 6.45) is 1.69. The second-order valence-corrected chi connectivity index (χ2v) is 4.57. The molecule has 0 bridgehead atoms. The van der Waals surface area contributed by atoms with Crippen molar-refractivity contribution in [2.75, 3.05) is 7.11 Å². The average Bonchev–Trinajstić information content (AvgIpc) is 2.54. The number of rotatable bonds is 6. The summed E-state index contributed by atoms with van der Waals surface area (Å²) in [6.45, 7) is 4.52. The van der Waals surface area contributed by atoms with Gasteiger partial charge in [0.2, 0.25) is 5.88 Å². The lowest BCUT2D eigenvalue weighted by molar-refractivity contribution is 0.370. The molecule has 112 valence electrons. The van der Waals surface area contributed by atoms with Gasteiger partial charge in [-0.3, -0.25) is 0 Å². The zero-order valence-corrected chi connectivity index (χ0v) is 12.7. The van der Waals surface area contributed by atoms with Gasteiger partial charge in [0.15, 0.2) is 11.5 Å². The third kappa shape index (κ3) is 3.13. The standard InChI is InChI=1S/C16H21N3O2/c1-4-11-12(10-17)16(19-18-13(11)5-2)21-15-9-7-6-8-14(15)20-3/h6-9H,4-5,10,17H2,1-3H3. The number of benzene rings is 1. The molecule has 0 spiro atoms. The summed E-state index contributed by atoms with van der Waals surface area (Å²) in [4.78, 5) is 0. The molecule has 0 saturated heterocycles. The van der Waals surface area contributed by atoms with E-state index in [1.54, 1.807) is 7.11 Å². The number of hydrogen-bond donors (Lipinski definition) is 1. The Morgan fingerprint density at radius 1 is 1.00 bits per heavy atom. The molecule has 1 heterocycles. The van der Waals surface area contributed by atoms with Crippen LogP contribution >= 0.6 is 0 Å². The van der Waals surface area contributed by atoms with Gasteiger partial charge < -0.3 is 15.2 Å². The largest absolute Gasteiger partial charge is 0.493 e. The molecule has 0 saturated carbocycles. The molecule has 2 N–H and O–H groups in total. The number of aryl methyl sites for hydroxylation is 1. The van der Waals surface area contributed by atoms with Crippen molar-refractivity contribution < 1.29 is 9.47 Å². The lowest BCUT2D eigenvalue weighted by Crippen LogP contribution is -2.10. The highest BCUT2D eigenvalue weighted by molar-refractivity contribution is 5.44. The van der Waals surface area contributed by atoms with Gasteiger partial charge in [0, 0.05) is 12.1 Å². The first-order valence-electron chi connectivity index (χ1n) is 7.13. The van der Waals surface area contributed by atoms with Gasteiger partial charge in [-0.2, -0.15) is 5.10 Å². The maximum absolute atomic E-state index is 5.90. The number of nitrogens with two attached hydrogens (primary N) is 1. The molecule has 0 fully saturated rings. The fourth-order valence-corrected chi connectivity index (χ4v) is 2.33. The number of methoxy groups -OCH3 is 1. The van der Waals surface area contributed by atoms with E-state index in [1.165, 1.54) is 0 Å². The van der Waals surface area contributed by atoms with Crippen molar-refractivity contribution in [2.45, 2.75) is 33.2 Å². The minimum atomic E-state index is 0.371. The van der Waals surface area contributed by atoms with Crippen LogP contribution in [0.2, 0.25) is 0 Å². The van der Waals surface area contributed by atoms with Crippen molar-refractivity contribution in [1.29, 1.82) is 0 Å². The van der Waals surface area contributed by atoms with E-state index in [-0.39, 0.29) is 0 Å². The quantitative estimate of drug-likeness (QED) is 0.884. The summed E-state index contributed by atoms with van der Waals surface area (Å²) in [6, 6.07) is 7.44. The van der Waals surface area contributed by atoms with Gasteiger partial charge in [0.25, 0.3) is 0 Å². The van der Waals surface area contributed by atoms with Crippen LogP contribution in [0.25, 0.3) is 0 Å². The third-order valence-electron chi connectivity index (χ3n) is 3.40. The maximum atomic E-state index is 5.90. The van der Waals surface area contributed by atoms with Crippen molar-refractivity contribution in [2.24, 2.45) is 5.73 Å². The molecule has 2 rings (SSSR count). The Balaban J connectivity index is 2.44. The summed E-state index contributed by atoms with van der Waals surface area (Å²) >= 11 is 0. The molecule has 5 heteroatoms. The van der Waals surface area contributed by atoms with Gasteiger partial charge in [0.1, 0.15) is 0 Å². The van der Waals surface area contributed by atoms with E-state index in [1.807, 2.05) is 24.3 Å². The third-order valence-corrected chi connectivity index (χ3v) is 3.40. The molecule has 1 aromatic carbocycles. The summed E-state index contributed by atoms with van der Waals surface area (Å²) < 4.78 is 11.2. The SMILES string of the molecule is CCc1nnc(Oc2ccccc2OC)c(CN)c1CC. The smallest absolute Gasteiger partial charge is 0.243 e. The monoisotopic (exact) mass is 287 g/mol. The van der Waals surface area contributed by atoms with Crippen molar-refractivity contribution in [3.8, 4) is 17.4 Å². The molecule has 0 amide bonds. The second-order valence-electron chi connectivity index (χ2n) is 4.57. The van der Waals surface area contributed by atoms with E-state index in [4.69, 9.17) is 15.2 Å². The number of aromatic nitrogens is 2. The minimum Gasteiger partial charge on any atom is -0.493 e. The first kappa shape index (κ1) is 15.3. The summed E-state index contributed by atoms with van der Waals surface area (Å²) in [5.74, 6) is 1.71. The van der Waals surface area contributed by atoms with Crippen LogP contribution in [0.5, 0.6) is 17.4 Å². The Bertz CT molecular complexity index is 614. The van der Waals surface area contributed by atoms with Crippen LogP contribution in [0.3, 0.4) is 0 Å². The van der Waals surface area contributed by atoms with E-state index in [0.717, 1.165) is 29.7 Å². The van der Waals surface area contributed by atoms with Crippen LogP contribution in [-0.2, 0) is 19.4 Å². The molecule has 0 aliphatic carbocycles. The first-order chi connectivity index (χ1) is 10.2. The Kier molecular flexibility index (Phi) is 5.11. The molecule has 0 aliphatic rings. The van der Waals surface area contributed by atoms with Crippen molar-refractivity contribution >= 4 is 0 Å². The lowest BCUT2D eigenvalue weighted by Gasteiger charge is -2.15. The Morgan fingerprint density at radius 3 is 2.29 bits per heavy atom. The van der Waals surface area contributed by atoms with E-state index < -0.39 is 0 Å². The normalized spacial score (nSPS) is 10.5. The Hall–Kier alpha value is -2.14. The van der Waals surface area contributed by atoms with E-state index in [0.29, 0.717) is 23.9 Å². The molecule has 2 aromatic rings. The molecule has 21 heavy (non-hydrogen) atoms. The van der Waals surface area contributed by atoms with Crippen LogP contribution in [0.4, 0.5) is 0 Å². The van der Waals surface area contributed by atoms with Crippen LogP contribution in [-0.4, -0.2) is 17.3 Å². The van der Waals surface area contributed by atoms with Gasteiger partial charge in [-0.1, -0.05) is 26.0 Å². The fraction of sp³-hybridized carbons (Fsp3) is 0.375. The molecular formula is C16H21N3O2. The minimum absolute atomic E-state index is 0.371. The van der Waals surface area contributed by atoms with E-state index >= 15 is 0 Å². The van der Waals surface area contributed by atoms with Gasteiger partial charge in [-0.25, -0.2) is 0 Å². The number of para-hydroxylation sites is 2. The zero-order valence-electron chi connectivity index (χ0n) is 12.7. The highest BCUT2D eigenvalue weighted by atomic mass is 16.5. The molecule has 0 atom stereocenters. The zero-order chi connectivity index (χ0) is 15.2. The average molecular weight is 287 g/mol. The molecule has 0 aliphatic heterocycles. The van der Waals surface area contributed by atoms with Crippen LogP contribution < -0.4 is 15.2 Å². The van der Waals surface area contributed by atoms with Crippen LogP contribution in [0.15, 0.2) is 24.3 Å². The van der Waals surface area contributed by atoms with Gasteiger partial charge in [-0.05, 0) is 30.5 Å². The summed E-state index contributed by atoms with van der Waals surface area (Å²) in [5, 5.41) is 8.45. The summed E-state index contributed by atoms with van der Waals surface area (Å²) in [7, 11) is 1.61. The molecule has 0 unspecified atom stereocenters. The number of hydrogen-bond acceptors (Lipinski definition) is 5. The predicted molar refractivity (Wildman–Crippen MR) is 81.7 cm³/mol. The number of ether oxygens (including phenoxy) is 2. The number of nitrogens with zero attached hydrogens (tertiary/aromatic N) is 2. The van der Waals surface area contributed by atoms with Crippen molar-refractivity contribution in [1.82, 2.24) is 10.2 Å². The molecule has 5 nitrogen and oxygen atoms in total. The van der Waals surface area contributed by atoms with Crippen LogP contribution in [0.1, 0.15) is 30.7 Å². The first-order valence-corrected chi connectivity index (χ1v) is 7.13. The van der Waals surface area contributed by atoms with Gasteiger partial charge >= 0.3 is 0 Å². The Morgan fingerprint density at radius 2 is 1.71 bits per heavy atom. The van der Waals surface area contributed by atoms with Crippen molar-refractivity contribution in [3.63, 3.8) is 0 Å². The highest BCUT2D eigenvalue weighted by Crippen LogP contribution is 2.32. The van der Waals surface area contributed by atoms with Gasteiger partial charge in [0.05, 0.1) is 12.8 Å². The molecular weight excluding hydrogens is 266 g/mol. The van der Waals surface area contributed by atoms with E-state index in [2.05, 4.69) is 24.0 Å². The molecule has 1 aromatic heterocycles. The maximum Gasteiger partial charge on any atom is 0.243 e. The topological polar surface area (TPSA) is 70.3 Å². The highest BCUT2D eigenvalue weighted by Gasteiger charge is 2.16. The Labute approximate surface area is 125 Å². The molecule has 0 radical (unpaired) electrons. The lowest BCUT2D eigenvalue weighted by atomic mass is 10.0. The van der Waals surface area contributed by atoms with Gasteiger partial charge in [-0.15, -0.1) is 5.10 Å². The second kappa shape index (κ2) is 7.04. The van der Waals surface area contributed by atoms with E-state index in [9.17, 15) is 0 Å².